The van der Waals surface area contributed by atoms with Crippen LogP contribution in [0.1, 0.15) is 27.2 Å². The molecule has 0 radical (unpaired) electrons. The smallest absolute Gasteiger partial charge is 0.227 e. The van der Waals surface area contributed by atoms with E-state index in [1.165, 1.54) is 0 Å². The van der Waals surface area contributed by atoms with Crippen molar-refractivity contribution in [1.82, 2.24) is 15.5 Å². The average molecular weight is 298 g/mol. The Bertz CT molecular complexity index is 363. The molecule has 1 unspecified atom stereocenters. The minimum atomic E-state index is -0.507. The molecule has 0 aromatic rings. The van der Waals surface area contributed by atoms with Crippen molar-refractivity contribution in [3.8, 4) is 0 Å². The molecule has 122 valence electrons. The largest absolute Gasteiger partial charge is 0.381 e. The summed E-state index contributed by atoms with van der Waals surface area (Å²) >= 11 is 0. The van der Waals surface area contributed by atoms with Crippen molar-refractivity contribution in [1.29, 1.82) is 0 Å². The maximum absolute atomic E-state index is 11.8. The number of amides is 1. The van der Waals surface area contributed by atoms with E-state index in [-0.39, 0.29) is 5.91 Å². The zero-order chi connectivity index (χ0) is 15.9. The molecule has 6 nitrogen and oxygen atoms in total. The number of carbonyl (C=O) groups is 1. The summed E-state index contributed by atoms with van der Waals surface area (Å²) in [4.78, 5) is 18.6. The van der Waals surface area contributed by atoms with Crippen LogP contribution in [-0.4, -0.2) is 63.7 Å². The second-order valence-electron chi connectivity index (χ2n) is 6.24. The number of hydrogen-bond donors (Lipinski definition) is 2. The van der Waals surface area contributed by atoms with Gasteiger partial charge in [-0.25, -0.2) is 0 Å². The van der Waals surface area contributed by atoms with E-state index < -0.39 is 5.41 Å². The van der Waals surface area contributed by atoms with Crippen LogP contribution in [0.4, 0.5) is 0 Å². The van der Waals surface area contributed by atoms with Crippen LogP contribution < -0.4 is 10.6 Å². The summed E-state index contributed by atoms with van der Waals surface area (Å²) < 4.78 is 5.42. The van der Waals surface area contributed by atoms with Gasteiger partial charge in [-0.1, -0.05) is 0 Å². The average Bonchev–Trinajstić information content (AvgIpc) is 2.95. The molecule has 1 aliphatic rings. The molecule has 0 aromatic heterocycles. The van der Waals surface area contributed by atoms with Gasteiger partial charge in [-0.3, -0.25) is 9.79 Å². The second kappa shape index (κ2) is 8.22. The van der Waals surface area contributed by atoms with Crippen molar-refractivity contribution in [2.75, 3.05) is 46.9 Å². The van der Waals surface area contributed by atoms with Crippen LogP contribution in [0.15, 0.2) is 4.99 Å². The first-order valence-electron chi connectivity index (χ1n) is 7.70. The summed E-state index contributed by atoms with van der Waals surface area (Å²) in [6.07, 6.45) is 1.10. The Kier molecular flexibility index (Phi) is 6.95. The lowest BCUT2D eigenvalue weighted by Gasteiger charge is -2.26. The van der Waals surface area contributed by atoms with E-state index in [0.717, 1.165) is 38.7 Å². The lowest BCUT2D eigenvalue weighted by atomic mass is 9.93. The predicted molar refractivity (Wildman–Crippen MR) is 85.4 cm³/mol. The van der Waals surface area contributed by atoms with Gasteiger partial charge >= 0.3 is 0 Å². The summed E-state index contributed by atoms with van der Waals surface area (Å²) in [7, 11) is 3.69. The van der Waals surface area contributed by atoms with E-state index in [0.29, 0.717) is 12.5 Å². The Balaban J connectivity index is 2.65. The highest BCUT2D eigenvalue weighted by Gasteiger charge is 2.27. The van der Waals surface area contributed by atoms with Crippen molar-refractivity contribution < 1.29 is 9.53 Å². The fraction of sp³-hybridized carbons (Fsp3) is 0.867. The Morgan fingerprint density at radius 2 is 2.19 bits per heavy atom. The molecule has 0 saturated carbocycles. The van der Waals surface area contributed by atoms with Gasteiger partial charge in [0.2, 0.25) is 5.91 Å². The topological polar surface area (TPSA) is 66.0 Å². The molecule has 1 rings (SSSR count). The number of carbonyl (C=O) groups excluding carboxylic acids is 1. The molecular weight excluding hydrogens is 268 g/mol. The molecule has 0 aromatic carbocycles. The summed E-state index contributed by atoms with van der Waals surface area (Å²) in [5.41, 5.74) is -0.507. The lowest BCUT2D eigenvalue weighted by Crippen LogP contribution is -2.43. The van der Waals surface area contributed by atoms with Gasteiger partial charge in [0, 0.05) is 39.7 Å². The van der Waals surface area contributed by atoms with Gasteiger partial charge in [-0.05, 0) is 27.2 Å². The van der Waals surface area contributed by atoms with Gasteiger partial charge < -0.3 is 20.3 Å². The van der Waals surface area contributed by atoms with Crippen molar-refractivity contribution in [2.45, 2.75) is 27.2 Å². The third-order valence-electron chi connectivity index (χ3n) is 3.72. The molecular formula is C15H30N4O2. The maximum Gasteiger partial charge on any atom is 0.227 e. The first-order valence-corrected chi connectivity index (χ1v) is 7.70. The van der Waals surface area contributed by atoms with Crippen molar-refractivity contribution >= 4 is 11.9 Å². The van der Waals surface area contributed by atoms with E-state index >= 15 is 0 Å². The summed E-state index contributed by atoms with van der Waals surface area (Å²) in [6, 6.07) is 0. The van der Waals surface area contributed by atoms with Crippen LogP contribution in [0.3, 0.4) is 0 Å². The van der Waals surface area contributed by atoms with E-state index in [2.05, 4.69) is 20.5 Å². The fourth-order valence-corrected chi connectivity index (χ4v) is 2.35. The molecule has 6 heteroatoms. The lowest BCUT2D eigenvalue weighted by molar-refractivity contribution is -0.128. The van der Waals surface area contributed by atoms with Crippen LogP contribution >= 0.6 is 0 Å². The first kappa shape index (κ1) is 17.8. The Hall–Kier alpha value is -1.30. The highest BCUT2D eigenvalue weighted by Crippen LogP contribution is 2.16. The van der Waals surface area contributed by atoms with Crippen molar-refractivity contribution in [2.24, 2.45) is 16.3 Å². The number of aliphatic imine (C=N–C) groups is 1. The van der Waals surface area contributed by atoms with Crippen LogP contribution in [0.25, 0.3) is 0 Å². The van der Waals surface area contributed by atoms with Gasteiger partial charge in [0.25, 0.3) is 0 Å². The van der Waals surface area contributed by atoms with Gasteiger partial charge in [0.15, 0.2) is 5.96 Å². The predicted octanol–water partition coefficient (Wildman–Crippen LogP) is 0.692. The number of guanidine groups is 1. The van der Waals surface area contributed by atoms with Gasteiger partial charge in [0.05, 0.1) is 18.6 Å². The molecule has 1 fully saturated rings. The molecule has 1 saturated heterocycles. The summed E-state index contributed by atoms with van der Waals surface area (Å²) in [5.74, 6) is 1.42. The number of nitrogens with zero attached hydrogens (tertiary/aromatic N) is 2. The first-order chi connectivity index (χ1) is 9.90. The van der Waals surface area contributed by atoms with Crippen molar-refractivity contribution in [3.05, 3.63) is 0 Å². The molecule has 0 spiro atoms. The normalized spacial score (nSPS) is 19.5. The van der Waals surface area contributed by atoms with E-state index in [9.17, 15) is 4.79 Å². The zero-order valence-electron chi connectivity index (χ0n) is 14.0. The molecule has 0 aliphatic carbocycles. The summed E-state index contributed by atoms with van der Waals surface area (Å²) in [6.45, 7) is 9.74. The Labute approximate surface area is 128 Å². The molecule has 21 heavy (non-hydrogen) atoms. The Morgan fingerprint density at radius 1 is 1.48 bits per heavy atom. The molecule has 0 bridgehead atoms. The summed E-state index contributed by atoms with van der Waals surface area (Å²) in [5, 5.41) is 5.98. The quantitative estimate of drug-likeness (QED) is 0.559. The number of ether oxygens (including phenoxy) is 1. The SMILES string of the molecule is CCNC(=NCC(C)(C)C(=O)NC)N(C)CC1CCOC1. The van der Waals surface area contributed by atoms with E-state index in [1.54, 1.807) is 7.05 Å². The highest BCUT2D eigenvalue weighted by atomic mass is 16.5. The van der Waals surface area contributed by atoms with Crippen LogP contribution in [0, 0.1) is 11.3 Å². The van der Waals surface area contributed by atoms with Crippen LogP contribution in [0.2, 0.25) is 0 Å². The van der Waals surface area contributed by atoms with E-state index in [4.69, 9.17) is 4.74 Å². The monoisotopic (exact) mass is 298 g/mol. The zero-order valence-corrected chi connectivity index (χ0v) is 14.0. The maximum atomic E-state index is 11.8. The van der Waals surface area contributed by atoms with Crippen LogP contribution in [-0.2, 0) is 9.53 Å². The van der Waals surface area contributed by atoms with Gasteiger partial charge in [0.1, 0.15) is 0 Å². The molecule has 1 amide bonds. The standard InChI is InChI=1S/C15H30N4O2/c1-6-17-14(18-11-15(2,3)13(20)16-4)19(5)9-12-7-8-21-10-12/h12H,6-11H2,1-5H3,(H,16,20)(H,17,18). The number of hydrogen-bond acceptors (Lipinski definition) is 3. The third-order valence-corrected chi connectivity index (χ3v) is 3.72. The highest BCUT2D eigenvalue weighted by molar-refractivity contribution is 5.83. The molecule has 1 heterocycles. The Morgan fingerprint density at radius 3 is 2.71 bits per heavy atom. The second-order valence-corrected chi connectivity index (χ2v) is 6.24. The van der Waals surface area contributed by atoms with Crippen molar-refractivity contribution in [3.63, 3.8) is 0 Å². The fourth-order valence-electron chi connectivity index (χ4n) is 2.35. The van der Waals surface area contributed by atoms with Crippen LogP contribution in [0.5, 0.6) is 0 Å². The van der Waals surface area contributed by atoms with Gasteiger partial charge in [-0.15, -0.1) is 0 Å². The van der Waals surface area contributed by atoms with E-state index in [1.807, 2.05) is 27.8 Å². The minimum Gasteiger partial charge on any atom is -0.381 e. The molecule has 2 N–H and O–H groups in total. The third kappa shape index (κ3) is 5.53. The number of nitrogens with one attached hydrogen (secondary N) is 2. The molecule has 1 aliphatic heterocycles. The minimum absolute atomic E-state index is 0.00828. The van der Waals surface area contributed by atoms with Gasteiger partial charge in [-0.2, -0.15) is 0 Å². The number of rotatable bonds is 6. The molecule has 1 atom stereocenters.